The highest BCUT2D eigenvalue weighted by atomic mass is 35.5. The lowest BCUT2D eigenvalue weighted by molar-refractivity contribution is 0.507. The Hall–Kier alpha value is -1.11. The van der Waals surface area contributed by atoms with Gasteiger partial charge in [-0.15, -0.1) is 0 Å². The second kappa shape index (κ2) is 5.83. The van der Waals surface area contributed by atoms with Crippen molar-refractivity contribution in [3.8, 4) is 6.07 Å². The number of hydrogen-bond acceptors (Lipinski definition) is 2. The third-order valence-electron chi connectivity index (χ3n) is 2.13. The van der Waals surface area contributed by atoms with Crippen molar-refractivity contribution in [2.45, 2.75) is 19.9 Å². The quantitative estimate of drug-likeness (QED) is 0.877. The Balaban J connectivity index is 2.84. The minimum absolute atomic E-state index is 0.335. The molecule has 0 saturated heterocycles. The van der Waals surface area contributed by atoms with Crippen LogP contribution in [0.5, 0.6) is 0 Å². The van der Waals surface area contributed by atoms with E-state index in [4.69, 9.17) is 16.9 Å². The number of nitrogens with zero attached hydrogens (tertiary/aromatic N) is 1. The van der Waals surface area contributed by atoms with Crippen LogP contribution in [0, 0.1) is 23.1 Å². The van der Waals surface area contributed by atoms with Crippen molar-refractivity contribution >= 4 is 11.6 Å². The minimum Gasteiger partial charge on any atom is -0.298 e. The van der Waals surface area contributed by atoms with Crippen LogP contribution in [0.25, 0.3) is 0 Å². The van der Waals surface area contributed by atoms with Gasteiger partial charge in [-0.1, -0.05) is 31.5 Å². The fourth-order valence-corrected chi connectivity index (χ4v) is 1.47. The molecule has 0 saturated carbocycles. The number of benzene rings is 1. The van der Waals surface area contributed by atoms with Crippen LogP contribution in [0.4, 0.5) is 4.39 Å². The van der Waals surface area contributed by atoms with Crippen molar-refractivity contribution in [2.24, 2.45) is 5.92 Å². The average molecular weight is 241 g/mol. The third kappa shape index (κ3) is 3.48. The highest BCUT2D eigenvalue weighted by molar-refractivity contribution is 6.30. The maximum Gasteiger partial charge on any atom is 0.130 e. The smallest absolute Gasteiger partial charge is 0.130 e. The summed E-state index contributed by atoms with van der Waals surface area (Å²) in [6, 6.07) is 5.76. The molecule has 16 heavy (non-hydrogen) atoms. The number of hydrogen-bond donors (Lipinski definition) is 1. The number of rotatable bonds is 4. The fourth-order valence-electron chi connectivity index (χ4n) is 1.31. The van der Waals surface area contributed by atoms with Crippen LogP contribution in [0.2, 0.25) is 5.02 Å². The molecule has 2 nitrogen and oxygen atoms in total. The molecule has 0 aliphatic rings. The van der Waals surface area contributed by atoms with Gasteiger partial charge >= 0.3 is 0 Å². The number of nitriles is 1. The summed E-state index contributed by atoms with van der Waals surface area (Å²) in [5.41, 5.74) is 0.340. The van der Waals surface area contributed by atoms with E-state index < -0.39 is 11.9 Å². The third-order valence-corrected chi connectivity index (χ3v) is 2.37. The molecular formula is C12H14ClFN2. The molecule has 0 aliphatic carbocycles. The minimum atomic E-state index is -0.625. The molecule has 0 spiro atoms. The van der Waals surface area contributed by atoms with E-state index in [2.05, 4.69) is 5.32 Å². The molecule has 4 heteroatoms. The van der Waals surface area contributed by atoms with Crippen molar-refractivity contribution in [3.05, 3.63) is 34.6 Å². The van der Waals surface area contributed by atoms with Gasteiger partial charge < -0.3 is 0 Å². The van der Waals surface area contributed by atoms with E-state index >= 15 is 0 Å². The van der Waals surface area contributed by atoms with Gasteiger partial charge in [0, 0.05) is 10.6 Å². The van der Waals surface area contributed by atoms with Gasteiger partial charge in [-0.2, -0.15) is 5.26 Å². The van der Waals surface area contributed by atoms with Crippen LogP contribution < -0.4 is 5.32 Å². The van der Waals surface area contributed by atoms with Crippen LogP contribution in [-0.2, 0) is 0 Å². The predicted octanol–water partition coefficient (Wildman–Crippen LogP) is 3.29. The zero-order valence-corrected chi connectivity index (χ0v) is 10.1. The van der Waals surface area contributed by atoms with E-state index in [0.29, 0.717) is 23.0 Å². The topological polar surface area (TPSA) is 35.8 Å². The normalized spacial score (nSPS) is 12.5. The van der Waals surface area contributed by atoms with Crippen LogP contribution in [-0.4, -0.2) is 6.54 Å². The molecule has 1 aromatic carbocycles. The molecule has 0 heterocycles. The summed E-state index contributed by atoms with van der Waals surface area (Å²) < 4.78 is 13.5. The molecule has 0 aliphatic heterocycles. The zero-order chi connectivity index (χ0) is 12.1. The molecule has 0 radical (unpaired) electrons. The zero-order valence-electron chi connectivity index (χ0n) is 9.30. The maximum atomic E-state index is 13.5. The second-order valence-corrected chi connectivity index (χ2v) is 4.47. The van der Waals surface area contributed by atoms with E-state index in [9.17, 15) is 4.39 Å². The monoisotopic (exact) mass is 240 g/mol. The molecule has 1 aromatic rings. The van der Waals surface area contributed by atoms with E-state index in [0.717, 1.165) is 0 Å². The van der Waals surface area contributed by atoms with Gasteiger partial charge in [0.25, 0.3) is 0 Å². The molecule has 1 N–H and O–H groups in total. The van der Waals surface area contributed by atoms with Crippen molar-refractivity contribution in [1.82, 2.24) is 5.32 Å². The van der Waals surface area contributed by atoms with Crippen LogP contribution >= 0.6 is 11.6 Å². The van der Waals surface area contributed by atoms with Gasteiger partial charge in [-0.3, -0.25) is 5.32 Å². The standard InChI is InChI=1S/C12H14ClFN2/c1-8(2)7-16-12(6-15)10-4-3-9(13)5-11(10)14/h3-5,8,12,16H,7H2,1-2H3. The second-order valence-electron chi connectivity index (χ2n) is 4.03. The Kier molecular flexibility index (Phi) is 4.72. The molecule has 0 amide bonds. The summed E-state index contributed by atoms with van der Waals surface area (Å²) in [5.74, 6) is -0.0403. The van der Waals surface area contributed by atoms with Crippen molar-refractivity contribution in [2.75, 3.05) is 6.54 Å². The van der Waals surface area contributed by atoms with Crippen LogP contribution in [0.3, 0.4) is 0 Å². The molecular weight excluding hydrogens is 227 g/mol. The van der Waals surface area contributed by atoms with E-state index in [1.807, 2.05) is 19.9 Å². The lowest BCUT2D eigenvalue weighted by Crippen LogP contribution is -2.25. The van der Waals surface area contributed by atoms with Crippen molar-refractivity contribution < 1.29 is 4.39 Å². The van der Waals surface area contributed by atoms with Gasteiger partial charge in [0.05, 0.1) is 6.07 Å². The van der Waals surface area contributed by atoms with E-state index in [-0.39, 0.29) is 0 Å². The largest absolute Gasteiger partial charge is 0.298 e. The van der Waals surface area contributed by atoms with Crippen molar-refractivity contribution in [3.63, 3.8) is 0 Å². The molecule has 1 unspecified atom stereocenters. The van der Waals surface area contributed by atoms with Crippen molar-refractivity contribution in [1.29, 1.82) is 5.26 Å². The fraction of sp³-hybridized carbons (Fsp3) is 0.417. The first kappa shape index (κ1) is 13.0. The summed E-state index contributed by atoms with van der Waals surface area (Å²) in [4.78, 5) is 0. The highest BCUT2D eigenvalue weighted by Crippen LogP contribution is 2.20. The predicted molar refractivity (Wildman–Crippen MR) is 62.6 cm³/mol. The highest BCUT2D eigenvalue weighted by Gasteiger charge is 2.15. The van der Waals surface area contributed by atoms with Gasteiger partial charge in [0.15, 0.2) is 0 Å². The van der Waals surface area contributed by atoms with E-state index in [1.165, 1.54) is 6.07 Å². The summed E-state index contributed by atoms with van der Waals surface area (Å²) >= 11 is 5.65. The van der Waals surface area contributed by atoms with Gasteiger partial charge in [0.1, 0.15) is 11.9 Å². The molecule has 86 valence electrons. The molecule has 1 atom stereocenters. The summed E-state index contributed by atoms with van der Waals surface area (Å²) in [7, 11) is 0. The Morgan fingerprint density at radius 1 is 1.50 bits per heavy atom. The maximum absolute atomic E-state index is 13.5. The lowest BCUT2D eigenvalue weighted by atomic mass is 10.1. The summed E-state index contributed by atoms with van der Waals surface area (Å²) in [5, 5.41) is 12.3. The molecule has 0 aromatic heterocycles. The summed E-state index contributed by atoms with van der Waals surface area (Å²) in [6.07, 6.45) is 0. The van der Waals surface area contributed by atoms with Crippen LogP contribution in [0.1, 0.15) is 25.5 Å². The number of halogens is 2. The number of nitrogens with one attached hydrogen (secondary N) is 1. The Morgan fingerprint density at radius 3 is 2.69 bits per heavy atom. The van der Waals surface area contributed by atoms with Gasteiger partial charge in [0.2, 0.25) is 0 Å². The van der Waals surface area contributed by atoms with Gasteiger partial charge in [-0.05, 0) is 24.6 Å². The lowest BCUT2D eigenvalue weighted by Gasteiger charge is -2.14. The van der Waals surface area contributed by atoms with Crippen LogP contribution in [0.15, 0.2) is 18.2 Å². The molecule has 0 fully saturated rings. The van der Waals surface area contributed by atoms with E-state index in [1.54, 1.807) is 12.1 Å². The first-order valence-electron chi connectivity index (χ1n) is 5.12. The molecule has 0 bridgehead atoms. The Bertz CT molecular complexity index is 398. The molecule has 1 rings (SSSR count). The first-order valence-corrected chi connectivity index (χ1v) is 5.50. The Labute approximate surface area is 100 Å². The SMILES string of the molecule is CC(C)CNC(C#N)c1ccc(Cl)cc1F. The average Bonchev–Trinajstić information content (AvgIpc) is 2.21. The first-order chi connectivity index (χ1) is 7.54. The Morgan fingerprint density at radius 2 is 2.19 bits per heavy atom. The summed E-state index contributed by atoms with van der Waals surface area (Å²) in [6.45, 7) is 4.72. The van der Waals surface area contributed by atoms with Gasteiger partial charge in [-0.25, -0.2) is 4.39 Å².